The van der Waals surface area contributed by atoms with Crippen LogP contribution in [-0.4, -0.2) is 42.0 Å². The highest BCUT2D eigenvalue weighted by Crippen LogP contribution is 2.21. The molecule has 1 aliphatic heterocycles. The van der Waals surface area contributed by atoms with E-state index in [-0.39, 0.29) is 11.9 Å². The zero-order valence-electron chi connectivity index (χ0n) is 12.5. The van der Waals surface area contributed by atoms with E-state index in [1.165, 1.54) is 7.11 Å². The van der Waals surface area contributed by atoms with E-state index in [2.05, 4.69) is 9.72 Å². The lowest BCUT2D eigenvalue weighted by molar-refractivity contribution is -0.140. The monoisotopic (exact) mass is 290 g/mol. The number of likely N-dealkylation sites (tertiary alicyclic amines) is 1. The van der Waals surface area contributed by atoms with Crippen LogP contribution in [-0.2, 0) is 20.7 Å². The van der Waals surface area contributed by atoms with Gasteiger partial charge >= 0.3 is 5.97 Å². The predicted molar refractivity (Wildman–Crippen MR) is 78.5 cm³/mol. The van der Waals surface area contributed by atoms with Gasteiger partial charge in [0.15, 0.2) is 0 Å². The van der Waals surface area contributed by atoms with E-state index in [0.717, 1.165) is 31.6 Å². The maximum atomic E-state index is 12.1. The zero-order chi connectivity index (χ0) is 15.1. The van der Waals surface area contributed by atoms with Crippen LogP contribution in [0, 0.1) is 5.92 Å². The van der Waals surface area contributed by atoms with Gasteiger partial charge < -0.3 is 9.64 Å². The van der Waals surface area contributed by atoms with Crippen molar-refractivity contribution in [1.29, 1.82) is 0 Å². The van der Waals surface area contributed by atoms with Gasteiger partial charge in [-0.05, 0) is 37.3 Å². The molecule has 0 spiro atoms. The van der Waals surface area contributed by atoms with Crippen molar-refractivity contribution in [3.63, 3.8) is 0 Å². The van der Waals surface area contributed by atoms with Gasteiger partial charge in [-0.2, -0.15) is 0 Å². The summed E-state index contributed by atoms with van der Waals surface area (Å²) < 4.78 is 4.57. The molecule has 0 saturated carbocycles. The van der Waals surface area contributed by atoms with Gasteiger partial charge in [-0.15, -0.1) is 0 Å². The molecule has 1 aromatic heterocycles. The first-order chi connectivity index (χ1) is 10.2. The van der Waals surface area contributed by atoms with Gasteiger partial charge in [-0.3, -0.25) is 14.6 Å². The van der Waals surface area contributed by atoms with E-state index in [0.29, 0.717) is 25.2 Å². The van der Waals surface area contributed by atoms with E-state index in [4.69, 9.17) is 0 Å². The Morgan fingerprint density at radius 1 is 1.38 bits per heavy atom. The fourth-order valence-electron chi connectivity index (χ4n) is 2.68. The van der Waals surface area contributed by atoms with Crippen molar-refractivity contribution in [3.8, 4) is 0 Å². The molecule has 2 rings (SSSR count). The Hall–Kier alpha value is -1.91. The summed E-state index contributed by atoms with van der Waals surface area (Å²) in [6.45, 7) is 1.61. The third kappa shape index (κ3) is 4.85. The van der Waals surface area contributed by atoms with Gasteiger partial charge in [0.1, 0.15) is 0 Å². The number of rotatable bonds is 6. The maximum absolute atomic E-state index is 12.1. The van der Waals surface area contributed by atoms with E-state index >= 15 is 0 Å². The molecule has 0 N–H and O–H groups in total. The average Bonchev–Trinajstić information content (AvgIpc) is 2.96. The number of amides is 1. The minimum Gasteiger partial charge on any atom is -0.469 e. The molecule has 1 aliphatic rings. The summed E-state index contributed by atoms with van der Waals surface area (Å²) in [6, 6.07) is 5.93. The summed E-state index contributed by atoms with van der Waals surface area (Å²) in [6.07, 6.45) is 5.05. The van der Waals surface area contributed by atoms with E-state index in [1.54, 1.807) is 6.20 Å². The summed E-state index contributed by atoms with van der Waals surface area (Å²) in [5.41, 5.74) is 1.09. The van der Waals surface area contributed by atoms with Crippen molar-refractivity contribution in [1.82, 2.24) is 9.88 Å². The second kappa shape index (κ2) is 7.76. The first kappa shape index (κ1) is 15.5. The van der Waals surface area contributed by atoms with E-state index in [1.807, 2.05) is 23.1 Å². The highest BCUT2D eigenvalue weighted by molar-refractivity contribution is 5.77. The van der Waals surface area contributed by atoms with Crippen LogP contribution < -0.4 is 0 Å². The van der Waals surface area contributed by atoms with E-state index in [9.17, 15) is 9.59 Å². The molecule has 0 bridgehead atoms. The normalized spacial score (nSPS) is 17.8. The largest absolute Gasteiger partial charge is 0.469 e. The van der Waals surface area contributed by atoms with Crippen molar-refractivity contribution >= 4 is 11.9 Å². The second-order valence-electron chi connectivity index (χ2n) is 5.45. The van der Waals surface area contributed by atoms with E-state index < -0.39 is 0 Å². The van der Waals surface area contributed by atoms with Crippen molar-refractivity contribution in [2.75, 3.05) is 20.2 Å². The molecule has 2 heterocycles. The smallest absolute Gasteiger partial charge is 0.305 e. The molecule has 0 aromatic carbocycles. The Labute approximate surface area is 125 Å². The molecule has 5 heteroatoms. The molecule has 1 atom stereocenters. The minimum absolute atomic E-state index is 0.141. The Morgan fingerprint density at radius 2 is 2.24 bits per heavy atom. The van der Waals surface area contributed by atoms with Crippen LogP contribution in [0.25, 0.3) is 0 Å². The molecule has 114 valence electrons. The molecule has 0 aliphatic carbocycles. The third-order valence-corrected chi connectivity index (χ3v) is 3.86. The SMILES string of the molecule is COC(=O)CCCC(=O)N1CCC(Cc2ccccn2)C1. The van der Waals surface area contributed by atoms with Crippen LogP contribution in [0.1, 0.15) is 31.4 Å². The number of hydrogen-bond donors (Lipinski definition) is 0. The van der Waals surface area contributed by atoms with Crippen LogP contribution >= 0.6 is 0 Å². The predicted octanol–water partition coefficient (Wildman–Crippen LogP) is 1.82. The number of esters is 1. The van der Waals surface area contributed by atoms with Crippen LogP contribution in [0.5, 0.6) is 0 Å². The lowest BCUT2D eigenvalue weighted by atomic mass is 10.0. The van der Waals surface area contributed by atoms with Gasteiger partial charge in [0, 0.05) is 37.8 Å². The van der Waals surface area contributed by atoms with Crippen molar-refractivity contribution in [2.45, 2.75) is 32.1 Å². The highest BCUT2D eigenvalue weighted by Gasteiger charge is 2.26. The van der Waals surface area contributed by atoms with Crippen LogP contribution in [0.2, 0.25) is 0 Å². The molecular formula is C16H22N2O3. The van der Waals surface area contributed by atoms with Gasteiger partial charge in [0.25, 0.3) is 0 Å². The van der Waals surface area contributed by atoms with Gasteiger partial charge in [0.05, 0.1) is 7.11 Å². The van der Waals surface area contributed by atoms with Crippen LogP contribution in [0.3, 0.4) is 0 Å². The Bertz CT molecular complexity index is 476. The number of ether oxygens (including phenoxy) is 1. The molecule has 21 heavy (non-hydrogen) atoms. The zero-order valence-corrected chi connectivity index (χ0v) is 12.5. The van der Waals surface area contributed by atoms with Crippen LogP contribution in [0.4, 0.5) is 0 Å². The molecule has 1 fully saturated rings. The number of hydrogen-bond acceptors (Lipinski definition) is 4. The highest BCUT2D eigenvalue weighted by atomic mass is 16.5. The van der Waals surface area contributed by atoms with Crippen LogP contribution in [0.15, 0.2) is 24.4 Å². The molecule has 1 aromatic rings. The number of carbonyl (C=O) groups is 2. The molecule has 0 radical (unpaired) electrons. The fraction of sp³-hybridized carbons (Fsp3) is 0.562. The number of carbonyl (C=O) groups excluding carboxylic acids is 2. The van der Waals surface area contributed by atoms with Crippen molar-refractivity contribution in [3.05, 3.63) is 30.1 Å². The van der Waals surface area contributed by atoms with Crippen molar-refractivity contribution in [2.24, 2.45) is 5.92 Å². The Morgan fingerprint density at radius 3 is 2.95 bits per heavy atom. The minimum atomic E-state index is -0.253. The average molecular weight is 290 g/mol. The lowest BCUT2D eigenvalue weighted by Gasteiger charge is -2.16. The molecule has 1 saturated heterocycles. The number of methoxy groups -OCH3 is 1. The topological polar surface area (TPSA) is 59.5 Å². The molecule has 5 nitrogen and oxygen atoms in total. The summed E-state index contributed by atoms with van der Waals surface area (Å²) >= 11 is 0. The maximum Gasteiger partial charge on any atom is 0.305 e. The third-order valence-electron chi connectivity index (χ3n) is 3.86. The fourth-order valence-corrected chi connectivity index (χ4v) is 2.68. The summed E-state index contributed by atoms with van der Waals surface area (Å²) in [4.78, 5) is 29.3. The quantitative estimate of drug-likeness (QED) is 0.750. The summed E-state index contributed by atoms with van der Waals surface area (Å²) in [5, 5.41) is 0. The van der Waals surface area contributed by atoms with Gasteiger partial charge in [-0.25, -0.2) is 0 Å². The summed E-state index contributed by atoms with van der Waals surface area (Å²) in [5.74, 6) is 0.379. The Balaban J connectivity index is 1.71. The molecule has 1 amide bonds. The summed E-state index contributed by atoms with van der Waals surface area (Å²) in [7, 11) is 1.37. The first-order valence-corrected chi connectivity index (χ1v) is 7.43. The Kier molecular flexibility index (Phi) is 5.72. The molecular weight excluding hydrogens is 268 g/mol. The second-order valence-corrected chi connectivity index (χ2v) is 5.45. The molecule has 1 unspecified atom stereocenters. The standard InChI is InChI=1S/C16H22N2O3/c1-21-16(20)7-4-6-15(19)18-10-8-13(12-18)11-14-5-2-3-9-17-14/h2-3,5,9,13H,4,6-8,10-12H2,1H3. The van der Waals surface area contributed by atoms with Gasteiger partial charge in [-0.1, -0.05) is 6.07 Å². The van der Waals surface area contributed by atoms with Gasteiger partial charge in [0.2, 0.25) is 5.91 Å². The first-order valence-electron chi connectivity index (χ1n) is 7.43. The number of nitrogens with zero attached hydrogens (tertiary/aromatic N) is 2. The van der Waals surface area contributed by atoms with Crippen molar-refractivity contribution < 1.29 is 14.3 Å². The number of pyridine rings is 1. The number of aromatic nitrogens is 1. The lowest BCUT2D eigenvalue weighted by Crippen LogP contribution is -2.28.